The molecular weight excluding hydrogens is 327 g/mol. The van der Waals surface area contributed by atoms with E-state index in [1.807, 2.05) is 6.92 Å². The van der Waals surface area contributed by atoms with Crippen LogP contribution < -0.4 is 5.32 Å². The van der Waals surface area contributed by atoms with Gasteiger partial charge in [0.2, 0.25) is 5.91 Å². The smallest absolute Gasteiger partial charge is 0.229 e. The van der Waals surface area contributed by atoms with Crippen LogP contribution in [0, 0.1) is 5.41 Å². The summed E-state index contributed by atoms with van der Waals surface area (Å²) in [5.41, 5.74) is -0.638. The second-order valence-electron chi connectivity index (χ2n) is 6.20. The summed E-state index contributed by atoms with van der Waals surface area (Å²) in [6.07, 6.45) is 3.00. The zero-order chi connectivity index (χ0) is 15.1. The van der Waals surface area contributed by atoms with Crippen LogP contribution in [0.1, 0.15) is 37.1 Å². The molecule has 1 saturated carbocycles. The van der Waals surface area contributed by atoms with Crippen molar-refractivity contribution in [3.8, 4) is 0 Å². The van der Waals surface area contributed by atoms with Crippen LogP contribution >= 0.6 is 34.5 Å². The van der Waals surface area contributed by atoms with Gasteiger partial charge in [0.1, 0.15) is 4.33 Å². The van der Waals surface area contributed by atoms with Gasteiger partial charge in [0.25, 0.3) is 0 Å². The van der Waals surface area contributed by atoms with E-state index in [9.17, 15) is 4.79 Å². The molecule has 1 aliphatic carbocycles. The molecule has 116 valence electrons. The van der Waals surface area contributed by atoms with E-state index in [1.54, 1.807) is 11.3 Å². The Kier molecular flexibility index (Phi) is 4.25. The van der Waals surface area contributed by atoms with Gasteiger partial charge in [0, 0.05) is 11.4 Å². The Morgan fingerprint density at radius 1 is 1.48 bits per heavy atom. The first-order valence-electron chi connectivity index (χ1n) is 7.38. The molecule has 2 atom stereocenters. The Labute approximate surface area is 139 Å². The molecule has 1 aliphatic heterocycles. The number of nitrogens with zero attached hydrogens (tertiary/aromatic N) is 1. The van der Waals surface area contributed by atoms with Crippen LogP contribution in [0.4, 0.5) is 0 Å². The lowest BCUT2D eigenvalue weighted by atomic mass is 10.1. The van der Waals surface area contributed by atoms with E-state index in [4.69, 9.17) is 23.2 Å². The highest BCUT2D eigenvalue weighted by molar-refractivity contribution is 7.10. The van der Waals surface area contributed by atoms with Crippen LogP contribution in [-0.2, 0) is 4.79 Å². The zero-order valence-corrected chi connectivity index (χ0v) is 14.4. The lowest BCUT2D eigenvalue weighted by Gasteiger charge is -2.27. The van der Waals surface area contributed by atoms with Crippen LogP contribution in [0.15, 0.2) is 17.5 Å². The van der Waals surface area contributed by atoms with Crippen LogP contribution in [-0.4, -0.2) is 34.8 Å². The Bertz CT molecular complexity index is 514. The van der Waals surface area contributed by atoms with Gasteiger partial charge in [0.05, 0.1) is 11.5 Å². The number of rotatable bonds is 5. The van der Waals surface area contributed by atoms with Crippen molar-refractivity contribution in [1.29, 1.82) is 0 Å². The molecule has 2 unspecified atom stereocenters. The number of halogens is 2. The fraction of sp³-hybridized carbons (Fsp3) is 0.667. The summed E-state index contributed by atoms with van der Waals surface area (Å²) in [4.78, 5) is 16.1. The summed E-state index contributed by atoms with van der Waals surface area (Å²) in [6.45, 7) is 4.66. The summed E-state index contributed by atoms with van der Waals surface area (Å²) in [6, 6.07) is 4.47. The first-order chi connectivity index (χ1) is 9.94. The number of hydrogen-bond donors (Lipinski definition) is 1. The maximum absolute atomic E-state index is 12.3. The third-order valence-electron chi connectivity index (χ3n) is 4.67. The first kappa shape index (κ1) is 15.6. The molecule has 1 aromatic rings. The average molecular weight is 347 g/mol. The van der Waals surface area contributed by atoms with Crippen molar-refractivity contribution in [2.24, 2.45) is 5.41 Å². The minimum absolute atomic E-state index is 0.0340. The van der Waals surface area contributed by atoms with E-state index in [0.717, 1.165) is 13.1 Å². The van der Waals surface area contributed by atoms with Crippen molar-refractivity contribution < 1.29 is 4.79 Å². The molecule has 1 amide bonds. The molecule has 1 N–H and O–H groups in total. The number of amides is 1. The predicted molar refractivity (Wildman–Crippen MR) is 88.0 cm³/mol. The molecule has 21 heavy (non-hydrogen) atoms. The van der Waals surface area contributed by atoms with Crippen LogP contribution in [0.2, 0.25) is 0 Å². The van der Waals surface area contributed by atoms with Crippen LogP contribution in [0.5, 0.6) is 0 Å². The maximum Gasteiger partial charge on any atom is 0.229 e. The summed E-state index contributed by atoms with van der Waals surface area (Å²) in [7, 11) is 0. The minimum atomic E-state index is -0.900. The van der Waals surface area contributed by atoms with Crippen molar-refractivity contribution >= 4 is 40.4 Å². The summed E-state index contributed by atoms with van der Waals surface area (Å²) in [5.74, 6) is -0.0340. The number of alkyl halides is 2. The van der Waals surface area contributed by atoms with Crippen molar-refractivity contribution in [1.82, 2.24) is 10.2 Å². The third-order valence-corrected chi connectivity index (χ3v) is 6.74. The highest BCUT2D eigenvalue weighted by Crippen LogP contribution is 2.63. The van der Waals surface area contributed by atoms with E-state index < -0.39 is 9.75 Å². The molecule has 3 rings (SSSR count). The second kappa shape index (κ2) is 5.73. The normalized spacial score (nSPS) is 29.3. The standard InChI is InChI=1S/C15H20Cl2N2OS/c1-14(10-15(14,16)17)13(20)18-9-11(12-5-4-8-21-12)19-6-2-3-7-19/h4-5,8,11H,2-3,6-7,9-10H2,1H3,(H,18,20). The van der Waals surface area contributed by atoms with Gasteiger partial charge in [-0.1, -0.05) is 6.07 Å². The van der Waals surface area contributed by atoms with Gasteiger partial charge in [0.15, 0.2) is 0 Å². The summed E-state index contributed by atoms with van der Waals surface area (Å²) < 4.78 is -0.900. The first-order valence-corrected chi connectivity index (χ1v) is 9.01. The van der Waals surface area contributed by atoms with Crippen LogP contribution in [0.25, 0.3) is 0 Å². The van der Waals surface area contributed by atoms with Gasteiger partial charge >= 0.3 is 0 Å². The number of thiophene rings is 1. The highest BCUT2D eigenvalue weighted by atomic mass is 35.5. The second-order valence-corrected chi connectivity index (χ2v) is 8.66. The van der Waals surface area contributed by atoms with Gasteiger partial charge in [-0.05, 0) is 50.7 Å². The lowest BCUT2D eigenvalue weighted by Crippen LogP contribution is -2.40. The van der Waals surface area contributed by atoms with Crippen molar-refractivity contribution in [2.75, 3.05) is 19.6 Å². The van der Waals surface area contributed by atoms with Gasteiger partial charge in [-0.3, -0.25) is 9.69 Å². The lowest BCUT2D eigenvalue weighted by molar-refractivity contribution is -0.126. The van der Waals surface area contributed by atoms with Crippen molar-refractivity contribution in [3.05, 3.63) is 22.4 Å². The van der Waals surface area contributed by atoms with E-state index in [-0.39, 0.29) is 11.9 Å². The number of nitrogens with one attached hydrogen (secondary N) is 1. The Morgan fingerprint density at radius 2 is 2.14 bits per heavy atom. The Morgan fingerprint density at radius 3 is 2.67 bits per heavy atom. The number of hydrogen-bond acceptors (Lipinski definition) is 3. The van der Waals surface area contributed by atoms with Crippen molar-refractivity contribution in [2.45, 2.75) is 36.6 Å². The highest BCUT2D eigenvalue weighted by Gasteiger charge is 2.67. The average Bonchev–Trinajstić information content (AvgIpc) is 2.97. The van der Waals surface area contributed by atoms with Gasteiger partial charge in [-0.15, -0.1) is 34.5 Å². The summed E-state index contributed by atoms with van der Waals surface area (Å²) in [5, 5.41) is 5.15. The molecule has 0 aromatic carbocycles. The zero-order valence-electron chi connectivity index (χ0n) is 12.1. The van der Waals surface area contributed by atoms with E-state index in [0.29, 0.717) is 13.0 Å². The monoisotopic (exact) mass is 346 g/mol. The van der Waals surface area contributed by atoms with Gasteiger partial charge in [-0.2, -0.15) is 0 Å². The largest absolute Gasteiger partial charge is 0.354 e. The van der Waals surface area contributed by atoms with Crippen LogP contribution in [0.3, 0.4) is 0 Å². The Hall–Kier alpha value is -0.290. The molecule has 0 radical (unpaired) electrons. The van der Waals surface area contributed by atoms with E-state index >= 15 is 0 Å². The quantitative estimate of drug-likeness (QED) is 0.826. The molecule has 2 heterocycles. The van der Waals surface area contributed by atoms with Gasteiger partial charge < -0.3 is 5.32 Å². The van der Waals surface area contributed by atoms with Gasteiger partial charge in [-0.25, -0.2) is 0 Å². The predicted octanol–water partition coefficient (Wildman–Crippen LogP) is 3.59. The SMILES string of the molecule is CC1(C(=O)NCC(c2cccs2)N2CCCC2)CC1(Cl)Cl. The topological polar surface area (TPSA) is 32.3 Å². The maximum atomic E-state index is 12.3. The number of carbonyl (C=O) groups excluding carboxylic acids is 1. The third kappa shape index (κ3) is 2.96. The minimum Gasteiger partial charge on any atom is -0.354 e. The van der Waals surface area contributed by atoms with E-state index in [2.05, 4.69) is 27.7 Å². The molecule has 2 aliphatic rings. The molecule has 1 saturated heterocycles. The molecule has 6 heteroatoms. The molecule has 0 spiro atoms. The number of likely N-dealkylation sites (tertiary alicyclic amines) is 1. The molecule has 2 fully saturated rings. The fourth-order valence-corrected chi connectivity index (χ4v) is 4.54. The molecule has 0 bridgehead atoms. The molecular formula is C15H20Cl2N2OS. The molecule has 1 aromatic heterocycles. The summed E-state index contributed by atoms with van der Waals surface area (Å²) >= 11 is 13.9. The fourth-order valence-electron chi connectivity index (χ4n) is 2.97. The Balaban J connectivity index is 1.64. The number of carbonyl (C=O) groups is 1. The van der Waals surface area contributed by atoms with E-state index in [1.165, 1.54) is 17.7 Å². The van der Waals surface area contributed by atoms with Crippen molar-refractivity contribution in [3.63, 3.8) is 0 Å². The molecule has 3 nitrogen and oxygen atoms in total.